The summed E-state index contributed by atoms with van der Waals surface area (Å²) in [5, 5.41) is 2.78. The third kappa shape index (κ3) is 3.87. The average molecular weight is 368 g/mol. The van der Waals surface area contributed by atoms with Crippen molar-refractivity contribution in [1.29, 1.82) is 0 Å². The zero-order chi connectivity index (χ0) is 18.1. The van der Waals surface area contributed by atoms with E-state index in [0.29, 0.717) is 44.7 Å². The van der Waals surface area contributed by atoms with Crippen molar-refractivity contribution in [3.05, 3.63) is 29.8 Å². The molecule has 2 aliphatic heterocycles. The molecule has 0 aromatic heterocycles. The molecule has 1 aromatic carbocycles. The molecule has 1 aromatic rings. The molecule has 0 radical (unpaired) electrons. The second-order valence-electron chi connectivity index (χ2n) is 6.66. The molecule has 2 saturated heterocycles. The van der Waals surface area contributed by atoms with Gasteiger partial charge in [-0.3, -0.25) is 4.79 Å². The summed E-state index contributed by atoms with van der Waals surface area (Å²) >= 11 is 0. The Kier molecular flexibility index (Phi) is 5.15. The average Bonchev–Trinajstić information content (AvgIpc) is 3.03. The van der Waals surface area contributed by atoms with Crippen molar-refractivity contribution in [3.63, 3.8) is 0 Å². The van der Waals surface area contributed by atoms with Crippen LogP contribution in [-0.4, -0.2) is 56.8 Å². The summed E-state index contributed by atoms with van der Waals surface area (Å²) in [6, 6.07) is 6.07. The van der Waals surface area contributed by atoms with Crippen LogP contribution in [0.25, 0.3) is 0 Å². The number of carbonyl (C=O) groups is 1. The van der Waals surface area contributed by atoms with E-state index in [0.717, 1.165) is 0 Å². The van der Waals surface area contributed by atoms with Crippen molar-refractivity contribution in [1.82, 2.24) is 9.62 Å². The topological polar surface area (TPSA) is 84.9 Å². The van der Waals surface area contributed by atoms with Crippen LogP contribution in [0.3, 0.4) is 0 Å². The number of carbonyl (C=O) groups excluding carboxylic acids is 1. The molecule has 1 N–H and O–H groups in total. The van der Waals surface area contributed by atoms with Crippen LogP contribution < -0.4 is 5.32 Å². The minimum Gasteiger partial charge on any atom is -0.350 e. The first-order valence-corrected chi connectivity index (χ1v) is 9.95. The molecule has 2 heterocycles. The summed E-state index contributed by atoms with van der Waals surface area (Å²) in [5.74, 6) is -0.820. The molecule has 8 heteroatoms. The predicted octanol–water partition coefficient (Wildman–Crippen LogP) is 1.35. The quantitative estimate of drug-likeness (QED) is 0.867. The Morgan fingerprint density at radius 1 is 1.12 bits per heavy atom. The van der Waals surface area contributed by atoms with Crippen LogP contribution >= 0.6 is 0 Å². The molecule has 1 spiro atoms. The van der Waals surface area contributed by atoms with E-state index in [1.165, 1.54) is 16.4 Å². The first-order chi connectivity index (χ1) is 11.8. The molecule has 3 rings (SSSR count). The molecule has 0 aliphatic carbocycles. The minimum atomic E-state index is -3.58. The molecule has 2 fully saturated rings. The van der Waals surface area contributed by atoms with Crippen molar-refractivity contribution in [2.24, 2.45) is 0 Å². The normalized spacial score (nSPS) is 20.9. The van der Waals surface area contributed by atoms with Gasteiger partial charge in [0.05, 0.1) is 18.1 Å². The van der Waals surface area contributed by atoms with Crippen LogP contribution in [0.5, 0.6) is 0 Å². The summed E-state index contributed by atoms with van der Waals surface area (Å²) in [5.41, 5.74) is 0.443. The van der Waals surface area contributed by atoms with Gasteiger partial charge in [-0.2, -0.15) is 4.31 Å². The second kappa shape index (κ2) is 7.03. The van der Waals surface area contributed by atoms with Crippen molar-refractivity contribution < 1.29 is 22.7 Å². The largest absolute Gasteiger partial charge is 0.350 e. The lowest BCUT2D eigenvalue weighted by Gasteiger charge is -2.36. The fourth-order valence-electron chi connectivity index (χ4n) is 3.13. The molecular formula is C17H24N2O5S. The number of amides is 1. The highest BCUT2D eigenvalue weighted by Crippen LogP contribution is 2.33. The maximum Gasteiger partial charge on any atom is 0.251 e. The van der Waals surface area contributed by atoms with Gasteiger partial charge in [0.25, 0.3) is 5.91 Å². The number of nitrogens with zero attached hydrogens (tertiary/aromatic N) is 1. The predicted molar refractivity (Wildman–Crippen MR) is 91.7 cm³/mol. The molecule has 1 amide bonds. The van der Waals surface area contributed by atoms with Gasteiger partial charge in [-0.1, -0.05) is 0 Å². The minimum absolute atomic E-state index is 0.0246. The summed E-state index contributed by atoms with van der Waals surface area (Å²) < 4.78 is 38.3. The Morgan fingerprint density at radius 2 is 1.68 bits per heavy atom. The smallest absolute Gasteiger partial charge is 0.251 e. The van der Waals surface area contributed by atoms with E-state index in [-0.39, 0.29) is 16.8 Å². The highest BCUT2D eigenvalue weighted by atomic mass is 32.2. The van der Waals surface area contributed by atoms with Gasteiger partial charge in [-0.05, 0) is 38.1 Å². The van der Waals surface area contributed by atoms with Gasteiger partial charge in [-0.25, -0.2) is 8.42 Å². The molecule has 0 unspecified atom stereocenters. The van der Waals surface area contributed by atoms with E-state index >= 15 is 0 Å². The van der Waals surface area contributed by atoms with E-state index in [1.54, 1.807) is 12.1 Å². The number of piperidine rings is 1. The lowest BCUT2D eigenvalue weighted by molar-refractivity contribution is -0.179. The second-order valence-corrected chi connectivity index (χ2v) is 8.60. The maximum atomic E-state index is 12.8. The van der Waals surface area contributed by atoms with Gasteiger partial charge in [0, 0.05) is 37.5 Å². The first-order valence-electron chi connectivity index (χ1n) is 8.51. The van der Waals surface area contributed by atoms with E-state index < -0.39 is 15.8 Å². The number of sulfonamides is 1. The van der Waals surface area contributed by atoms with E-state index in [4.69, 9.17) is 9.47 Å². The van der Waals surface area contributed by atoms with Gasteiger partial charge in [0.15, 0.2) is 5.79 Å². The molecule has 0 bridgehead atoms. The zero-order valence-corrected chi connectivity index (χ0v) is 15.3. The van der Waals surface area contributed by atoms with Crippen LogP contribution in [-0.2, 0) is 19.5 Å². The number of ether oxygens (including phenoxy) is 2. The zero-order valence-electron chi connectivity index (χ0n) is 14.5. The van der Waals surface area contributed by atoms with Crippen molar-refractivity contribution in [2.45, 2.75) is 43.4 Å². The third-order valence-electron chi connectivity index (χ3n) is 4.47. The van der Waals surface area contributed by atoms with Crippen molar-refractivity contribution >= 4 is 15.9 Å². The molecule has 0 atom stereocenters. The van der Waals surface area contributed by atoms with E-state index in [1.807, 2.05) is 13.8 Å². The number of rotatable bonds is 4. The summed E-state index contributed by atoms with van der Waals surface area (Å²) in [6.07, 6.45) is 1.06. The van der Waals surface area contributed by atoms with Crippen LogP contribution in [0.2, 0.25) is 0 Å². The SMILES string of the molecule is CC(C)NC(=O)c1ccc(S(=O)(=O)N2CCC3(CC2)OCCO3)cc1. The Hall–Kier alpha value is -1.48. The first kappa shape index (κ1) is 18.3. The maximum absolute atomic E-state index is 12.8. The Labute approximate surface area is 148 Å². The Balaban J connectivity index is 1.69. The van der Waals surface area contributed by atoms with Gasteiger partial charge in [-0.15, -0.1) is 0 Å². The number of hydrogen-bond donors (Lipinski definition) is 1. The highest BCUT2D eigenvalue weighted by molar-refractivity contribution is 7.89. The monoisotopic (exact) mass is 368 g/mol. The molecule has 0 saturated carbocycles. The Bertz CT molecular complexity index is 714. The lowest BCUT2D eigenvalue weighted by Crippen LogP contribution is -2.47. The fourth-order valence-corrected chi connectivity index (χ4v) is 4.57. The highest BCUT2D eigenvalue weighted by Gasteiger charge is 2.42. The fraction of sp³-hybridized carbons (Fsp3) is 0.588. The van der Waals surface area contributed by atoms with Gasteiger partial charge >= 0.3 is 0 Å². The lowest BCUT2D eigenvalue weighted by atomic mass is 10.1. The van der Waals surface area contributed by atoms with Crippen molar-refractivity contribution in [2.75, 3.05) is 26.3 Å². The van der Waals surface area contributed by atoms with Crippen LogP contribution in [0.4, 0.5) is 0 Å². The van der Waals surface area contributed by atoms with Crippen molar-refractivity contribution in [3.8, 4) is 0 Å². The van der Waals surface area contributed by atoms with Crippen LogP contribution in [0.1, 0.15) is 37.0 Å². The Morgan fingerprint density at radius 3 is 2.20 bits per heavy atom. The van der Waals surface area contributed by atoms with Gasteiger partial charge in [0.1, 0.15) is 0 Å². The van der Waals surface area contributed by atoms with Gasteiger partial charge < -0.3 is 14.8 Å². The number of hydrogen-bond acceptors (Lipinski definition) is 5. The summed E-state index contributed by atoms with van der Waals surface area (Å²) in [6.45, 7) is 5.59. The number of nitrogens with one attached hydrogen (secondary N) is 1. The molecule has 25 heavy (non-hydrogen) atoms. The third-order valence-corrected chi connectivity index (χ3v) is 6.38. The van der Waals surface area contributed by atoms with Gasteiger partial charge in [0.2, 0.25) is 10.0 Å². The molecule has 138 valence electrons. The van der Waals surface area contributed by atoms with E-state index in [9.17, 15) is 13.2 Å². The van der Waals surface area contributed by atoms with Crippen LogP contribution in [0.15, 0.2) is 29.2 Å². The summed E-state index contributed by atoms with van der Waals surface area (Å²) in [7, 11) is -3.58. The van der Waals surface area contributed by atoms with Crippen LogP contribution in [0, 0.1) is 0 Å². The number of benzene rings is 1. The molecule has 2 aliphatic rings. The standard InChI is InChI=1S/C17H24N2O5S/c1-13(2)18-16(20)14-3-5-15(6-4-14)25(21,22)19-9-7-17(8-10-19)23-11-12-24-17/h3-6,13H,7-12H2,1-2H3,(H,18,20). The summed E-state index contributed by atoms with van der Waals surface area (Å²) in [4.78, 5) is 12.2. The molecule has 7 nitrogen and oxygen atoms in total. The molecular weight excluding hydrogens is 344 g/mol. The van der Waals surface area contributed by atoms with E-state index in [2.05, 4.69) is 5.32 Å².